The zero-order valence-electron chi connectivity index (χ0n) is 7.66. The molecule has 1 aromatic rings. The number of hydrogen-bond donors (Lipinski definition) is 0. The molecule has 1 unspecified atom stereocenters. The second-order valence-corrected chi connectivity index (χ2v) is 3.50. The maximum atomic E-state index is 11.1. The Morgan fingerprint density at radius 2 is 2.00 bits per heavy atom. The van der Waals surface area contributed by atoms with E-state index in [0.717, 1.165) is 5.56 Å². The minimum Gasteiger partial charge on any atom is -0.300 e. The highest BCUT2D eigenvalue weighted by atomic mass is 35.5. The summed E-state index contributed by atoms with van der Waals surface area (Å²) in [6, 6.07) is 9.69. The first-order chi connectivity index (χ1) is 6.24. The fraction of sp³-hybridized carbons (Fsp3) is 0.364. The zero-order valence-corrected chi connectivity index (χ0v) is 8.42. The van der Waals surface area contributed by atoms with Gasteiger partial charge in [-0.05, 0) is 5.56 Å². The van der Waals surface area contributed by atoms with Gasteiger partial charge in [0.2, 0.25) is 0 Å². The lowest BCUT2D eigenvalue weighted by Gasteiger charge is -2.07. The van der Waals surface area contributed by atoms with E-state index in [0.29, 0.717) is 12.8 Å². The van der Waals surface area contributed by atoms with E-state index < -0.39 is 0 Å². The van der Waals surface area contributed by atoms with Crippen LogP contribution in [0.5, 0.6) is 0 Å². The smallest absolute Gasteiger partial charge is 0.134 e. The second-order valence-electron chi connectivity index (χ2n) is 2.97. The molecule has 0 heterocycles. The molecular weight excluding hydrogens is 184 g/mol. The van der Waals surface area contributed by atoms with Gasteiger partial charge in [-0.25, -0.2) is 0 Å². The van der Waals surface area contributed by atoms with Gasteiger partial charge in [0, 0.05) is 12.8 Å². The summed E-state index contributed by atoms with van der Waals surface area (Å²) >= 11 is 6.06. The zero-order chi connectivity index (χ0) is 9.68. The van der Waals surface area contributed by atoms with Gasteiger partial charge in [-0.15, -0.1) is 11.6 Å². The van der Waals surface area contributed by atoms with Crippen LogP contribution in [0.4, 0.5) is 0 Å². The van der Waals surface area contributed by atoms with Crippen molar-refractivity contribution >= 4 is 17.4 Å². The van der Waals surface area contributed by atoms with Crippen molar-refractivity contribution in [1.82, 2.24) is 0 Å². The number of carbonyl (C=O) groups is 1. The molecule has 0 N–H and O–H groups in total. The van der Waals surface area contributed by atoms with Gasteiger partial charge in [-0.1, -0.05) is 37.3 Å². The molecule has 1 atom stereocenters. The van der Waals surface area contributed by atoms with Crippen molar-refractivity contribution in [3.8, 4) is 0 Å². The van der Waals surface area contributed by atoms with E-state index in [4.69, 9.17) is 11.6 Å². The quantitative estimate of drug-likeness (QED) is 0.676. The largest absolute Gasteiger partial charge is 0.300 e. The summed E-state index contributed by atoms with van der Waals surface area (Å²) in [5.74, 6) is 0.212. The van der Waals surface area contributed by atoms with Crippen molar-refractivity contribution in [3.05, 3.63) is 35.9 Å². The first kappa shape index (κ1) is 10.3. The van der Waals surface area contributed by atoms with Crippen LogP contribution in [-0.2, 0) is 4.79 Å². The molecule has 0 saturated heterocycles. The number of halogens is 1. The van der Waals surface area contributed by atoms with Crippen LogP contribution in [0.25, 0.3) is 0 Å². The third-order valence-corrected chi connectivity index (χ3v) is 2.37. The summed E-state index contributed by atoms with van der Waals surface area (Å²) in [6.07, 6.45) is 0.998. The van der Waals surface area contributed by atoms with E-state index in [1.165, 1.54) is 0 Å². The van der Waals surface area contributed by atoms with Gasteiger partial charge in [0.1, 0.15) is 5.78 Å². The fourth-order valence-corrected chi connectivity index (χ4v) is 1.44. The van der Waals surface area contributed by atoms with E-state index in [1.807, 2.05) is 37.3 Å². The van der Waals surface area contributed by atoms with E-state index >= 15 is 0 Å². The van der Waals surface area contributed by atoms with Crippen LogP contribution in [-0.4, -0.2) is 5.78 Å². The van der Waals surface area contributed by atoms with Gasteiger partial charge in [0.15, 0.2) is 0 Å². The summed E-state index contributed by atoms with van der Waals surface area (Å²) in [4.78, 5) is 11.1. The van der Waals surface area contributed by atoms with Crippen LogP contribution in [0.3, 0.4) is 0 Å². The Labute approximate surface area is 83.7 Å². The Morgan fingerprint density at radius 1 is 1.38 bits per heavy atom. The van der Waals surface area contributed by atoms with E-state index in [-0.39, 0.29) is 11.2 Å². The molecule has 0 amide bonds. The van der Waals surface area contributed by atoms with Crippen LogP contribution >= 0.6 is 11.6 Å². The van der Waals surface area contributed by atoms with E-state index in [9.17, 15) is 4.79 Å². The van der Waals surface area contributed by atoms with Gasteiger partial charge < -0.3 is 0 Å². The number of rotatable bonds is 4. The predicted molar refractivity (Wildman–Crippen MR) is 55.0 cm³/mol. The lowest BCUT2D eigenvalue weighted by molar-refractivity contribution is -0.118. The Kier molecular flexibility index (Phi) is 3.97. The minimum absolute atomic E-state index is 0.173. The maximum absolute atomic E-state index is 11.1. The van der Waals surface area contributed by atoms with Gasteiger partial charge in [-0.2, -0.15) is 0 Å². The highest BCUT2D eigenvalue weighted by Crippen LogP contribution is 2.24. The minimum atomic E-state index is -0.173. The topological polar surface area (TPSA) is 17.1 Å². The SMILES string of the molecule is CCC(=O)CC(Cl)c1ccccc1. The fourth-order valence-electron chi connectivity index (χ4n) is 1.12. The molecule has 70 valence electrons. The van der Waals surface area contributed by atoms with Gasteiger partial charge in [-0.3, -0.25) is 4.79 Å². The third kappa shape index (κ3) is 3.19. The van der Waals surface area contributed by atoms with Crippen molar-refractivity contribution in [2.75, 3.05) is 0 Å². The molecular formula is C11H13ClO. The van der Waals surface area contributed by atoms with Crippen LogP contribution in [0, 0.1) is 0 Å². The van der Waals surface area contributed by atoms with Gasteiger partial charge in [0.05, 0.1) is 5.38 Å². The Hall–Kier alpha value is -0.820. The summed E-state index contributed by atoms with van der Waals surface area (Å²) in [5.41, 5.74) is 1.02. The molecule has 0 saturated carbocycles. The molecule has 1 nitrogen and oxygen atoms in total. The Balaban J connectivity index is 2.59. The molecule has 13 heavy (non-hydrogen) atoms. The van der Waals surface area contributed by atoms with Crippen LogP contribution < -0.4 is 0 Å². The average molecular weight is 197 g/mol. The number of Topliss-reactive ketones (excluding diaryl/α,β-unsaturated/α-hetero) is 1. The third-order valence-electron chi connectivity index (χ3n) is 1.96. The normalized spacial score (nSPS) is 12.5. The van der Waals surface area contributed by atoms with Crippen molar-refractivity contribution in [1.29, 1.82) is 0 Å². The molecule has 0 aliphatic rings. The summed E-state index contributed by atoms with van der Waals surface area (Å²) in [6.45, 7) is 1.86. The summed E-state index contributed by atoms with van der Waals surface area (Å²) in [5, 5.41) is -0.173. The van der Waals surface area contributed by atoms with Gasteiger partial charge >= 0.3 is 0 Å². The number of benzene rings is 1. The molecule has 1 rings (SSSR count). The predicted octanol–water partition coefficient (Wildman–Crippen LogP) is 3.34. The highest BCUT2D eigenvalue weighted by Gasteiger charge is 2.10. The summed E-state index contributed by atoms with van der Waals surface area (Å²) in [7, 11) is 0. The van der Waals surface area contributed by atoms with E-state index in [2.05, 4.69) is 0 Å². The highest BCUT2D eigenvalue weighted by molar-refractivity contribution is 6.21. The maximum Gasteiger partial charge on any atom is 0.134 e. The van der Waals surface area contributed by atoms with Crippen molar-refractivity contribution in [3.63, 3.8) is 0 Å². The van der Waals surface area contributed by atoms with Crippen LogP contribution in [0.2, 0.25) is 0 Å². The molecule has 0 bridgehead atoms. The van der Waals surface area contributed by atoms with Gasteiger partial charge in [0.25, 0.3) is 0 Å². The molecule has 0 radical (unpaired) electrons. The number of ketones is 1. The molecule has 1 aromatic carbocycles. The van der Waals surface area contributed by atoms with Crippen molar-refractivity contribution < 1.29 is 4.79 Å². The van der Waals surface area contributed by atoms with Crippen molar-refractivity contribution in [2.24, 2.45) is 0 Å². The van der Waals surface area contributed by atoms with Crippen LogP contribution in [0.1, 0.15) is 30.7 Å². The Bertz CT molecular complexity index is 269. The first-order valence-corrected chi connectivity index (χ1v) is 4.88. The molecule has 0 aliphatic heterocycles. The molecule has 0 fully saturated rings. The lowest BCUT2D eigenvalue weighted by atomic mass is 10.1. The number of carbonyl (C=O) groups excluding carboxylic acids is 1. The Morgan fingerprint density at radius 3 is 2.54 bits per heavy atom. The number of alkyl halides is 1. The molecule has 0 spiro atoms. The lowest BCUT2D eigenvalue weighted by Crippen LogP contribution is -2.00. The second kappa shape index (κ2) is 5.03. The molecule has 0 aromatic heterocycles. The first-order valence-electron chi connectivity index (χ1n) is 4.44. The monoisotopic (exact) mass is 196 g/mol. The summed E-state index contributed by atoms with van der Waals surface area (Å²) < 4.78 is 0. The molecule has 0 aliphatic carbocycles. The number of hydrogen-bond acceptors (Lipinski definition) is 1. The van der Waals surface area contributed by atoms with Crippen molar-refractivity contribution in [2.45, 2.75) is 25.1 Å². The van der Waals surface area contributed by atoms with Crippen LogP contribution in [0.15, 0.2) is 30.3 Å². The molecule has 2 heteroatoms. The average Bonchev–Trinajstić information content (AvgIpc) is 2.19. The standard InChI is InChI=1S/C11H13ClO/c1-2-10(13)8-11(12)9-6-4-3-5-7-9/h3-7,11H,2,8H2,1H3. The van der Waals surface area contributed by atoms with E-state index in [1.54, 1.807) is 0 Å².